The fourth-order valence-corrected chi connectivity index (χ4v) is 3.25. The fourth-order valence-electron chi connectivity index (χ4n) is 3.25. The molecule has 0 radical (unpaired) electrons. The zero-order valence-corrected chi connectivity index (χ0v) is 15.1. The number of aryl methyl sites for hydroxylation is 3. The van der Waals surface area contributed by atoms with E-state index in [0.29, 0.717) is 22.3 Å². The van der Waals surface area contributed by atoms with Gasteiger partial charge in [-0.15, -0.1) is 0 Å². The van der Waals surface area contributed by atoms with Crippen molar-refractivity contribution >= 4 is 33.7 Å². The van der Waals surface area contributed by atoms with Crippen LogP contribution in [0.3, 0.4) is 0 Å². The second-order valence-electron chi connectivity index (χ2n) is 6.58. The monoisotopic (exact) mass is 366 g/mol. The lowest BCUT2D eigenvalue weighted by molar-refractivity contribution is -0.116. The van der Waals surface area contributed by atoms with Gasteiger partial charge in [-0.3, -0.25) is 18.5 Å². The highest BCUT2D eigenvalue weighted by atomic mass is 16.4. The molecule has 2 aromatic heterocycles. The zero-order valence-electron chi connectivity index (χ0n) is 15.1. The lowest BCUT2D eigenvalue weighted by atomic mass is 10.2. The van der Waals surface area contributed by atoms with Crippen molar-refractivity contribution in [2.24, 2.45) is 14.1 Å². The van der Waals surface area contributed by atoms with Crippen LogP contribution in [0.15, 0.2) is 50.4 Å². The number of nitrogens with one attached hydrogen (secondary N) is 1. The topological polar surface area (TPSA) is 91.2 Å². The van der Waals surface area contributed by atoms with Crippen LogP contribution < -0.4 is 16.8 Å². The summed E-state index contributed by atoms with van der Waals surface area (Å²) in [4.78, 5) is 36.6. The number of benzene rings is 2. The summed E-state index contributed by atoms with van der Waals surface area (Å²) >= 11 is 0. The maximum Gasteiger partial charge on any atom is 0.420 e. The first-order valence-corrected chi connectivity index (χ1v) is 8.40. The van der Waals surface area contributed by atoms with Gasteiger partial charge >= 0.3 is 11.4 Å². The van der Waals surface area contributed by atoms with Crippen LogP contribution in [0, 0.1) is 6.92 Å². The van der Waals surface area contributed by atoms with Gasteiger partial charge in [-0.25, -0.2) is 9.59 Å². The average Bonchev–Trinajstić information content (AvgIpc) is 3.04. The Labute approximate surface area is 153 Å². The smallest absolute Gasteiger partial charge is 0.408 e. The van der Waals surface area contributed by atoms with Gasteiger partial charge in [0.15, 0.2) is 5.58 Å². The molecule has 0 unspecified atom stereocenters. The van der Waals surface area contributed by atoms with Crippen LogP contribution in [-0.4, -0.2) is 19.6 Å². The third-order valence-electron chi connectivity index (χ3n) is 4.68. The van der Waals surface area contributed by atoms with Gasteiger partial charge in [0.05, 0.1) is 16.6 Å². The van der Waals surface area contributed by atoms with Crippen molar-refractivity contribution < 1.29 is 9.21 Å². The molecule has 0 aliphatic heterocycles. The minimum atomic E-state index is -0.577. The van der Waals surface area contributed by atoms with E-state index in [2.05, 4.69) is 5.32 Å². The number of aromatic nitrogens is 3. The summed E-state index contributed by atoms with van der Waals surface area (Å²) < 4.78 is 9.54. The van der Waals surface area contributed by atoms with Crippen LogP contribution in [-0.2, 0) is 25.4 Å². The van der Waals surface area contributed by atoms with Gasteiger partial charge in [0, 0.05) is 19.8 Å². The standard InChI is InChI=1S/C19H18N4O4/c1-11-4-7-16-15(8-11)23(19(26)27-16)10-17(24)20-12-5-6-13-14(9-12)22(3)18(25)21(13)2/h4-9H,10H2,1-3H3,(H,20,24). The van der Waals surface area contributed by atoms with Crippen molar-refractivity contribution in [2.75, 3.05) is 5.32 Å². The minimum Gasteiger partial charge on any atom is -0.408 e. The van der Waals surface area contributed by atoms with Crippen molar-refractivity contribution in [1.82, 2.24) is 13.7 Å². The largest absolute Gasteiger partial charge is 0.420 e. The van der Waals surface area contributed by atoms with E-state index in [4.69, 9.17) is 4.42 Å². The second-order valence-corrected chi connectivity index (χ2v) is 6.58. The molecule has 2 heterocycles. The number of imidazole rings is 1. The van der Waals surface area contributed by atoms with Crippen molar-refractivity contribution in [3.63, 3.8) is 0 Å². The van der Waals surface area contributed by atoms with Crippen LogP contribution in [0.4, 0.5) is 5.69 Å². The predicted octanol–water partition coefficient (Wildman–Crippen LogP) is 1.73. The van der Waals surface area contributed by atoms with Gasteiger partial charge < -0.3 is 9.73 Å². The summed E-state index contributed by atoms with van der Waals surface area (Å²) in [5.41, 5.74) is 3.88. The second kappa shape index (κ2) is 6.01. The number of amides is 1. The summed E-state index contributed by atoms with van der Waals surface area (Å²) in [5.74, 6) is -0.937. The predicted molar refractivity (Wildman–Crippen MR) is 102 cm³/mol. The summed E-state index contributed by atoms with van der Waals surface area (Å²) in [6.45, 7) is 1.74. The number of hydrogen-bond donors (Lipinski definition) is 1. The van der Waals surface area contributed by atoms with Crippen LogP contribution in [0.5, 0.6) is 0 Å². The summed E-state index contributed by atoms with van der Waals surface area (Å²) in [6.07, 6.45) is 0. The Bertz CT molecular complexity index is 1320. The molecule has 0 atom stereocenters. The Kier molecular flexibility index (Phi) is 3.76. The first-order chi connectivity index (χ1) is 12.8. The highest BCUT2D eigenvalue weighted by molar-refractivity contribution is 5.93. The van der Waals surface area contributed by atoms with Crippen molar-refractivity contribution in [2.45, 2.75) is 13.5 Å². The molecule has 0 fully saturated rings. The Morgan fingerprint density at radius 1 is 1.00 bits per heavy atom. The number of carbonyl (C=O) groups is 1. The molecular weight excluding hydrogens is 348 g/mol. The summed E-state index contributed by atoms with van der Waals surface area (Å²) in [7, 11) is 3.37. The summed E-state index contributed by atoms with van der Waals surface area (Å²) in [6, 6.07) is 10.6. The van der Waals surface area contributed by atoms with Crippen molar-refractivity contribution in [3.8, 4) is 0 Å². The van der Waals surface area contributed by atoms with E-state index in [1.807, 2.05) is 13.0 Å². The average molecular weight is 366 g/mol. The molecule has 1 N–H and O–H groups in total. The molecule has 2 aromatic carbocycles. The first-order valence-electron chi connectivity index (χ1n) is 8.40. The van der Waals surface area contributed by atoms with Gasteiger partial charge in [0.2, 0.25) is 5.91 Å². The van der Waals surface area contributed by atoms with Crippen LogP contribution in [0.25, 0.3) is 22.1 Å². The van der Waals surface area contributed by atoms with E-state index in [0.717, 1.165) is 11.1 Å². The van der Waals surface area contributed by atoms with E-state index in [1.165, 1.54) is 9.13 Å². The lowest BCUT2D eigenvalue weighted by Gasteiger charge is -2.07. The molecule has 0 bridgehead atoms. The molecule has 0 aliphatic rings. The van der Waals surface area contributed by atoms with E-state index < -0.39 is 5.76 Å². The third-order valence-corrected chi connectivity index (χ3v) is 4.68. The van der Waals surface area contributed by atoms with E-state index >= 15 is 0 Å². The van der Waals surface area contributed by atoms with Gasteiger partial charge in [0.25, 0.3) is 0 Å². The molecule has 8 heteroatoms. The third kappa shape index (κ3) is 2.75. The molecule has 1 amide bonds. The van der Waals surface area contributed by atoms with Crippen LogP contribution in [0.1, 0.15) is 5.56 Å². The highest BCUT2D eigenvalue weighted by Crippen LogP contribution is 2.18. The Hall–Kier alpha value is -3.55. The summed E-state index contributed by atoms with van der Waals surface area (Å²) in [5, 5.41) is 2.77. The Morgan fingerprint density at radius 3 is 2.52 bits per heavy atom. The molecule has 0 spiro atoms. The molecule has 4 rings (SSSR count). The van der Waals surface area contributed by atoms with Crippen LogP contribution >= 0.6 is 0 Å². The quantitative estimate of drug-likeness (QED) is 0.598. The molecule has 27 heavy (non-hydrogen) atoms. The number of hydrogen-bond acceptors (Lipinski definition) is 4. The van der Waals surface area contributed by atoms with Gasteiger partial charge in [-0.05, 0) is 42.8 Å². The maximum absolute atomic E-state index is 12.5. The maximum atomic E-state index is 12.5. The molecule has 0 aliphatic carbocycles. The van der Waals surface area contributed by atoms with E-state index in [-0.39, 0.29) is 18.1 Å². The van der Waals surface area contributed by atoms with E-state index in [9.17, 15) is 14.4 Å². The number of nitrogens with zero attached hydrogens (tertiary/aromatic N) is 3. The normalized spacial score (nSPS) is 11.4. The Balaban J connectivity index is 1.64. The number of carbonyl (C=O) groups excluding carboxylic acids is 1. The van der Waals surface area contributed by atoms with E-state index in [1.54, 1.807) is 49.0 Å². The van der Waals surface area contributed by atoms with Crippen molar-refractivity contribution in [1.29, 1.82) is 0 Å². The van der Waals surface area contributed by atoms with Crippen molar-refractivity contribution in [3.05, 3.63) is 63.0 Å². The SMILES string of the molecule is Cc1ccc2oc(=O)n(CC(=O)Nc3ccc4c(c3)n(C)c(=O)n4C)c2c1. The minimum absolute atomic E-state index is 0.139. The number of fused-ring (bicyclic) bond motifs is 2. The van der Waals surface area contributed by atoms with Crippen LogP contribution in [0.2, 0.25) is 0 Å². The first kappa shape index (κ1) is 16.9. The Morgan fingerprint density at radius 2 is 1.74 bits per heavy atom. The lowest BCUT2D eigenvalue weighted by Crippen LogP contribution is -2.24. The molecule has 138 valence electrons. The molecule has 4 aromatic rings. The molecular formula is C19H18N4O4. The molecule has 8 nitrogen and oxygen atoms in total. The fraction of sp³-hybridized carbons (Fsp3) is 0.211. The highest BCUT2D eigenvalue weighted by Gasteiger charge is 2.14. The number of anilines is 1. The molecule has 0 saturated carbocycles. The number of rotatable bonds is 3. The van der Waals surface area contributed by atoms with Gasteiger partial charge in [-0.2, -0.15) is 0 Å². The zero-order chi connectivity index (χ0) is 19.3. The van der Waals surface area contributed by atoms with Gasteiger partial charge in [-0.1, -0.05) is 6.07 Å². The number of oxazole rings is 1. The molecule has 0 saturated heterocycles. The van der Waals surface area contributed by atoms with Gasteiger partial charge in [0.1, 0.15) is 6.54 Å².